The van der Waals surface area contributed by atoms with Crippen LogP contribution in [-0.4, -0.2) is 201 Å². The van der Waals surface area contributed by atoms with Gasteiger partial charge in [-0.3, -0.25) is 24.3 Å². The summed E-state index contributed by atoms with van der Waals surface area (Å²) in [5.41, 5.74) is -2.26. The summed E-state index contributed by atoms with van der Waals surface area (Å²) in [4.78, 5) is 57.0. The molecular weight excluding hydrogens is 1170 g/mol. The number of methoxy groups -OCH3 is 3. The Hall–Kier alpha value is -3.09. The molecule has 0 bridgehead atoms. The van der Waals surface area contributed by atoms with Gasteiger partial charge in [0.25, 0.3) is 0 Å². The number of anilines is 1. The summed E-state index contributed by atoms with van der Waals surface area (Å²) in [5, 5.41) is 11.3. The lowest BCUT2D eigenvalue weighted by Gasteiger charge is -2.52. The third kappa shape index (κ3) is 14.9. The van der Waals surface area contributed by atoms with Crippen LogP contribution in [0.1, 0.15) is 126 Å². The zero-order valence-electron chi connectivity index (χ0n) is 53.4. The number of aliphatic hydroxyl groups excluding tert-OH is 1. The van der Waals surface area contributed by atoms with Gasteiger partial charge >= 0.3 is 11.9 Å². The lowest BCUT2D eigenvalue weighted by Crippen LogP contribution is -2.65. The number of hydrogen-bond donors (Lipinski definition) is 1. The first-order chi connectivity index (χ1) is 40.8. The van der Waals surface area contributed by atoms with Gasteiger partial charge < -0.3 is 67.0 Å². The predicted octanol–water partition coefficient (Wildman–Crippen LogP) is 9.44. The molecule has 0 unspecified atom stereocenters. The summed E-state index contributed by atoms with van der Waals surface area (Å²) in [6, 6.07) is 5.62. The monoisotopic (exact) mass is 1260 g/mol. The third-order valence-electron chi connectivity index (χ3n) is 19.8. The number of morpholine rings is 1. The third-order valence-corrected chi connectivity index (χ3v) is 21.7. The van der Waals surface area contributed by atoms with Crippen molar-refractivity contribution in [1.29, 1.82) is 0 Å². The second kappa shape index (κ2) is 29.5. The number of Topliss-reactive ketones (excluding diaryl/α,β-unsaturated/α-hetero) is 1. The lowest BCUT2D eigenvalue weighted by atomic mass is 9.70. The number of pyridine rings is 1. The van der Waals surface area contributed by atoms with Gasteiger partial charge in [0, 0.05) is 112 Å². The number of rotatable bonds is 19. The smallest absolute Gasteiger partial charge is 0.320 e. The molecule has 1 aliphatic carbocycles. The largest absolute Gasteiger partial charge is 0.493 e. The quantitative estimate of drug-likeness (QED) is 0.131. The van der Waals surface area contributed by atoms with E-state index >= 15 is 9.59 Å². The highest BCUT2D eigenvalue weighted by Gasteiger charge is 2.62. The van der Waals surface area contributed by atoms with Gasteiger partial charge in [-0.1, -0.05) is 50.9 Å². The minimum absolute atomic E-state index is 0.0444. The molecule has 8 rings (SSSR count). The highest BCUT2D eigenvalue weighted by molar-refractivity contribution is 8.00. The molecule has 2 aromatic rings. The van der Waals surface area contributed by atoms with Crippen molar-refractivity contribution in [2.45, 2.75) is 217 Å². The summed E-state index contributed by atoms with van der Waals surface area (Å²) < 4.78 is 72.1. The van der Waals surface area contributed by atoms with E-state index in [4.69, 9.17) is 75.3 Å². The molecule has 1 aromatic heterocycles. The molecule has 6 aliphatic rings. The van der Waals surface area contributed by atoms with E-state index in [1.165, 1.54) is 11.8 Å². The van der Waals surface area contributed by atoms with Crippen LogP contribution in [0.2, 0.25) is 10.0 Å². The van der Waals surface area contributed by atoms with Crippen molar-refractivity contribution in [2.24, 2.45) is 29.6 Å². The van der Waals surface area contributed by atoms with Gasteiger partial charge in [0.1, 0.15) is 23.2 Å². The van der Waals surface area contributed by atoms with E-state index in [-0.39, 0.29) is 49.3 Å². The summed E-state index contributed by atoms with van der Waals surface area (Å²) in [6.07, 6.45) is 2.15. The maximum absolute atomic E-state index is 15.7. The highest BCUT2D eigenvalue weighted by atomic mass is 35.5. The van der Waals surface area contributed by atoms with E-state index in [0.29, 0.717) is 59.2 Å². The van der Waals surface area contributed by atoms with Gasteiger partial charge in [0.2, 0.25) is 0 Å². The van der Waals surface area contributed by atoms with Crippen LogP contribution in [0.4, 0.5) is 5.69 Å². The van der Waals surface area contributed by atoms with Gasteiger partial charge in [0.05, 0.1) is 84.1 Å². The maximum Gasteiger partial charge on any atom is 0.320 e. The SMILES string of the molecule is CC[C@H]1OC(=O)[C@H](C)[C@@H](O[C@H]2C[C@@](C)(OC)[C@@H](O)[C@H](C)O2)[C@H](C)[C@@H](O[C@@H]2O[C@H](C)C[C@@H](N3CCOCC3)[C@@H]2N(C)C)[C@](C)(OC)C[C@@H](C)C(=O)[C@H](C)[C@H]2[C@H](SCCN(Cc3c(Cl)cncc3Cl)c3ccc(OC)c(OC4CCCC4)c3)C(=O)O[C@@]21C. The number of halogens is 2. The minimum Gasteiger partial charge on any atom is -0.493 e. The molecule has 484 valence electrons. The molecule has 1 aromatic carbocycles. The van der Waals surface area contributed by atoms with Gasteiger partial charge in [0.15, 0.2) is 29.7 Å². The topological polar surface area (TPSA) is 196 Å². The van der Waals surface area contributed by atoms with Crippen molar-refractivity contribution in [3.05, 3.63) is 46.2 Å². The average molecular weight is 1270 g/mol. The Morgan fingerprint density at radius 1 is 0.860 bits per heavy atom. The average Bonchev–Trinajstić information content (AvgIpc) is 1.64. The van der Waals surface area contributed by atoms with Crippen molar-refractivity contribution in [1.82, 2.24) is 14.8 Å². The van der Waals surface area contributed by atoms with E-state index in [2.05, 4.69) is 26.6 Å². The number of hydrogen-bond acceptors (Lipinski definition) is 20. The molecule has 22 heteroatoms. The van der Waals surface area contributed by atoms with Gasteiger partial charge in [-0.05, 0) is 113 Å². The van der Waals surface area contributed by atoms with E-state index in [0.717, 1.165) is 50.9 Å². The number of esters is 2. The molecule has 5 saturated heterocycles. The van der Waals surface area contributed by atoms with Gasteiger partial charge in [-0.2, -0.15) is 0 Å². The first-order valence-electron chi connectivity index (χ1n) is 31.2. The number of carbonyl (C=O) groups excluding carboxylic acids is 3. The molecule has 86 heavy (non-hydrogen) atoms. The number of ketones is 1. The Balaban J connectivity index is 1.16. The van der Waals surface area contributed by atoms with E-state index in [9.17, 15) is 9.90 Å². The maximum atomic E-state index is 15.7. The van der Waals surface area contributed by atoms with Crippen molar-refractivity contribution in [2.75, 3.05) is 78.9 Å². The summed E-state index contributed by atoms with van der Waals surface area (Å²) in [6.45, 7) is 22.3. The van der Waals surface area contributed by atoms with Gasteiger partial charge in [-0.25, -0.2) is 0 Å². The number of aromatic nitrogens is 1. The minimum atomic E-state index is -1.46. The number of thioether (sulfide) groups is 1. The van der Waals surface area contributed by atoms with Crippen LogP contribution in [0.5, 0.6) is 11.5 Å². The Kier molecular flexibility index (Phi) is 23.6. The number of carbonyl (C=O) groups is 3. The molecule has 6 fully saturated rings. The fraction of sp³-hybridized carbons (Fsp3) is 0.781. The molecule has 6 heterocycles. The molecule has 1 saturated carbocycles. The van der Waals surface area contributed by atoms with E-state index in [1.54, 1.807) is 54.5 Å². The summed E-state index contributed by atoms with van der Waals surface area (Å²) in [5.74, 6) is -3.49. The van der Waals surface area contributed by atoms with E-state index in [1.807, 2.05) is 73.8 Å². The van der Waals surface area contributed by atoms with Gasteiger partial charge in [-0.15, -0.1) is 11.8 Å². The highest BCUT2D eigenvalue weighted by Crippen LogP contribution is 2.50. The summed E-state index contributed by atoms with van der Waals surface area (Å²) in [7, 11) is 8.86. The molecule has 0 amide bonds. The van der Waals surface area contributed by atoms with Crippen LogP contribution in [0.25, 0.3) is 0 Å². The van der Waals surface area contributed by atoms with Crippen LogP contribution in [-0.2, 0) is 63.6 Å². The first kappa shape index (κ1) is 68.8. The number of nitrogens with zero attached hydrogens (tertiary/aromatic N) is 4. The second-order valence-corrected chi connectivity index (χ2v) is 28.0. The second-order valence-electron chi connectivity index (χ2n) is 25.9. The lowest BCUT2D eigenvalue weighted by molar-refractivity contribution is -0.315. The molecule has 1 N–H and O–H groups in total. The van der Waals surface area contributed by atoms with Crippen molar-refractivity contribution in [3.63, 3.8) is 0 Å². The Morgan fingerprint density at radius 3 is 2.16 bits per heavy atom. The zero-order chi connectivity index (χ0) is 62.6. The van der Waals surface area contributed by atoms with Crippen LogP contribution in [0, 0.1) is 29.6 Å². The number of likely N-dealkylation sites (N-methyl/N-ethyl adjacent to an activating group) is 1. The molecule has 0 spiro atoms. The van der Waals surface area contributed by atoms with Crippen molar-refractivity contribution >= 4 is 58.4 Å². The number of cyclic esters (lactones) is 1. The number of benzene rings is 1. The molecular formula is C64H98Cl2N4O15S. The van der Waals surface area contributed by atoms with Crippen molar-refractivity contribution < 1.29 is 71.6 Å². The first-order valence-corrected chi connectivity index (χ1v) is 33.0. The number of fused-ring (bicyclic) bond motifs is 1. The zero-order valence-corrected chi connectivity index (χ0v) is 55.8. The Bertz CT molecular complexity index is 2580. The molecule has 5 aliphatic heterocycles. The van der Waals surface area contributed by atoms with Crippen LogP contribution in [0.15, 0.2) is 30.6 Å². The number of ether oxygens (including phenoxy) is 11. The fourth-order valence-corrected chi connectivity index (χ4v) is 16.7. The molecule has 0 radical (unpaired) electrons. The van der Waals surface area contributed by atoms with Crippen LogP contribution >= 0.6 is 35.0 Å². The summed E-state index contributed by atoms with van der Waals surface area (Å²) >= 11 is 15.0. The molecule has 19 nitrogen and oxygen atoms in total. The molecule has 19 atom stereocenters. The standard InChI is InChI=1S/C64H98Cl2N4O15S/c1-16-50-64(10)52(56(60(74)85-64)86-28-25-70(35-44-45(65)33-67-34-46(44)66)42-21-22-48(75-13)49(30-42)81-43-19-17-18-20-43)38(4)54(71)36(2)31-63(9,77-15)58(84-61-53(68(11)12)47(29-37(3)79-61)69-23-26-78-27-24-69)39(5)55(40(6)59(73)82-50)83-51-32-62(8,76-14)57(72)41(7)80-51/h21-22,30,33-34,36-41,43,47,50-53,55-58,61,72H,16-20,23-29,31-32,35H2,1-15H3/t36-,37-,38-,39+,40-,41+,47-,50-,51+,52+,53+,55+,56+,57+,58-,61+,62-,63-,64-/m1/s1. The van der Waals surface area contributed by atoms with Crippen LogP contribution < -0.4 is 14.4 Å². The Morgan fingerprint density at radius 2 is 1.53 bits per heavy atom. The van der Waals surface area contributed by atoms with Crippen molar-refractivity contribution in [3.8, 4) is 11.5 Å². The number of aliphatic hydroxyl groups is 1. The Labute approximate surface area is 525 Å². The van der Waals surface area contributed by atoms with E-state index < -0.39 is 107 Å². The fourth-order valence-electron chi connectivity index (χ4n) is 14.8. The van der Waals surface area contributed by atoms with Crippen LogP contribution in [0.3, 0.4) is 0 Å². The predicted molar refractivity (Wildman–Crippen MR) is 330 cm³/mol. The normalized spacial score (nSPS) is 38.1.